The average molecular weight is 720 g/mol. The number of furan rings is 1. The van der Waals surface area contributed by atoms with Crippen molar-refractivity contribution in [1.82, 2.24) is 14.5 Å². The van der Waals surface area contributed by atoms with E-state index >= 15 is 0 Å². The van der Waals surface area contributed by atoms with Crippen molar-refractivity contribution < 1.29 is 4.42 Å². The molecular formula is C50H29N3OS. The molecule has 4 heterocycles. The summed E-state index contributed by atoms with van der Waals surface area (Å²) in [7, 11) is 0. The second kappa shape index (κ2) is 11.7. The van der Waals surface area contributed by atoms with Crippen LogP contribution in [-0.2, 0) is 0 Å². The van der Waals surface area contributed by atoms with Crippen LogP contribution >= 0.6 is 11.3 Å². The highest BCUT2D eigenvalue weighted by molar-refractivity contribution is 7.26. The van der Waals surface area contributed by atoms with Crippen molar-refractivity contribution in [2.45, 2.75) is 0 Å². The van der Waals surface area contributed by atoms with Crippen molar-refractivity contribution in [2.24, 2.45) is 0 Å². The van der Waals surface area contributed by atoms with Gasteiger partial charge in [0, 0.05) is 48.4 Å². The maximum Gasteiger partial charge on any atom is 0.161 e. The number of rotatable bonds is 4. The van der Waals surface area contributed by atoms with Crippen LogP contribution < -0.4 is 0 Å². The highest BCUT2D eigenvalue weighted by Gasteiger charge is 2.22. The number of benzene rings is 8. The smallest absolute Gasteiger partial charge is 0.161 e. The number of nitrogens with zero attached hydrogens (tertiary/aromatic N) is 3. The maximum atomic E-state index is 6.59. The lowest BCUT2D eigenvalue weighted by atomic mass is 9.95. The Bertz CT molecular complexity index is 3490. The number of para-hydroxylation sites is 1. The van der Waals surface area contributed by atoms with Crippen molar-refractivity contribution in [3.05, 3.63) is 176 Å². The molecule has 0 amide bonds. The van der Waals surface area contributed by atoms with E-state index in [4.69, 9.17) is 14.4 Å². The molecule has 0 radical (unpaired) electrons. The summed E-state index contributed by atoms with van der Waals surface area (Å²) >= 11 is 1.75. The van der Waals surface area contributed by atoms with E-state index in [1.165, 1.54) is 37.4 Å². The van der Waals surface area contributed by atoms with Crippen LogP contribution in [-0.4, -0.2) is 14.5 Å². The second-order valence-corrected chi connectivity index (χ2v) is 15.1. The van der Waals surface area contributed by atoms with Crippen molar-refractivity contribution in [1.29, 1.82) is 0 Å². The fourth-order valence-corrected chi connectivity index (χ4v) is 9.76. The molecular weight excluding hydrogens is 691 g/mol. The third-order valence-electron chi connectivity index (χ3n) is 11.0. The van der Waals surface area contributed by atoms with E-state index in [1.807, 2.05) is 18.2 Å². The van der Waals surface area contributed by atoms with Crippen molar-refractivity contribution in [2.75, 3.05) is 0 Å². The molecule has 0 saturated heterocycles. The summed E-state index contributed by atoms with van der Waals surface area (Å²) in [5.74, 6) is 0.685. The fraction of sp³-hybridized carbons (Fsp3) is 0. The fourth-order valence-electron chi connectivity index (χ4n) is 8.61. The Hall–Kier alpha value is -7.08. The van der Waals surface area contributed by atoms with Crippen LogP contribution in [0.15, 0.2) is 180 Å². The third-order valence-corrected chi connectivity index (χ3v) is 12.2. The minimum absolute atomic E-state index is 0.685. The Morgan fingerprint density at radius 2 is 1.16 bits per heavy atom. The van der Waals surface area contributed by atoms with Gasteiger partial charge in [0.2, 0.25) is 0 Å². The van der Waals surface area contributed by atoms with E-state index in [9.17, 15) is 0 Å². The molecule has 12 rings (SSSR count). The van der Waals surface area contributed by atoms with Crippen LogP contribution in [0, 0.1) is 0 Å². The summed E-state index contributed by atoms with van der Waals surface area (Å²) in [6.45, 7) is 0. The quantitative estimate of drug-likeness (QED) is 0.182. The molecule has 0 fully saturated rings. The maximum absolute atomic E-state index is 6.59. The van der Waals surface area contributed by atoms with Crippen LogP contribution in [0.5, 0.6) is 0 Å². The molecule has 0 atom stereocenters. The molecule has 0 aliphatic rings. The van der Waals surface area contributed by atoms with Gasteiger partial charge in [-0.1, -0.05) is 133 Å². The van der Waals surface area contributed by atoms with Gasteiger partial charge in [0.25, 0.3) is 0 Å². The lowest BCUT2D eigenvalue weighted by Crippen LogP contribution is -1.95. The molecule has 55 heavy (non-hydrogen) atoms. The molecule has 12 aromatic rings. The first-order chi connectivity index (χ1) is 27.3. The SMILES string of the molecule is c1ccc(-c2cc3c(c4ccccc24)c2ccccc2n3-c2ccc3oc4cccc(-c5nc(-c6ccccc6)c6sc7ccccc7c6n5)c4c3c2)cc1. The first-order valence-electron chi connectivity index (χ1n) is 18.5. The zero-order valence-corrected chi connectivity index (χ0v) is 30.2. The molecule has 0 unspecified atom stereocenters. The van der Waals surface area contributed by atoms with Crippen molar-refractivity contribution >= 4 is 86.2 Å². The van der Waals surface area contributed by atoms with Crippen molar-refractivity contribution in [3.63, 3.8) is 0 Å². The van der Waals surface area contributed by atoms with Gasteiger partial charge in [-0.3, -0.25) is 0 Å². The predicted molar refractivity (Wildman–Crippen MR) is 230 cm³/mol. The van der Waals surface area contributed by atoms with Crippen LogP contribution in [0.3, 0.4) is 0 Å². The van der Waals surface area contributed by atoms with Gasteiger partial charge in [-0.05, 0) is 64.4 Å². The largest absolute Gasteiger partial charge is 0.456 e. The lowest BCUT2D eigenvalue weighted by Gasteiger charge is -2.12. The second-order valence-electron chi connectivity index (χ2n) is 14.1. The minimum atomic E-state index is 0.685. The van der Waals surface area contributed by atoms with E-state index in [0.717, 1.165) is 71.1 Å². The van der Waals surface area contributed by atoms with E-state index in [2.05, 4.69) is 162 Å². The molecule has 0 spiro atoms. The predicted octanol–water partition coefficient (Wildman–Crippen LogP) is 14.0. The van der Waals surface area contributed by atoms with Gasteiger partial charge < -0.3 is 8.98 Å². The Labute approximate surface area is 319 Å². The normalized spacial score (nSPS) is 12.0. The molecule has 0 aliphatic heterocycles. The van der Waals surface area contributed by atoms with Gasteiger partial charge in [-0.15, -0.1) is 11.3 Å². The van der Waals surface area contributed by atoms with Gasteiger partial charge in [-0.2, -0.15) is 0 Å². The summed E-state index contributed by atoms with van der Waals surface area (Å²) in [6.07, 6.45) is 0. The molecule has 0 N–H and O–H groups in total. The average Bonchev–Trinajstić information content (AvgIpc) is 3.93. The van der Waals surface area contributed by atoms with Gasteiger partial charge in [0.1, 0.15) is 11.2 Å². The number of thiophene rings is 1. The van der Waals surface area contributed by atoms with Crippen LogP contribution in [0.25, 0.3) is 114 Å². The zero-order valence-electron chi connectivity index (χ0n) is 29.4. The Balaban J connectivity index is 1.15. The Morgan fingerprint density at radius 3 is 2.00 bits per heavy atom. The molecule has 4 aromatic heterocycles. The monoisotopic (exact) mass is 719 g/mol. The van der Waals surface area contributed by atoms with Crippen LogP contribution in [0.4, 0.5) is 0 Å². The van der Waals surface area contributed by atoms with Gasteiger partial charge in [0.15, 0.2) is 5.82 Å². The summed E-state index contributed by atoms with van der Waals surface area (Å²) in [6, 6.07) is 62.4. The lowest BCUT2D eigenvalue weighted by molar-refractivity contribution is 0.669. The molecule has 0 aliphatic carbocycles. The van der Waals surface area contributed by atoms with Crippen molar-refractivity contribution in [3.8, 4) is 39.5 Å². The highest BCUT2D eigenvalue weighted by atomic mass is 32.1. The number of fused-ring (bicyclic) bond motifs is 11. The molecule has 0 saturated carbocycles. The molecule has 0 bridgehead atoms. The number of hydrogen-bond acceptors (Lipinski definition) is 4. The molecule has 4 nitrogen and oxygen atoms in total. The van der Waals surface area contributed by atoms with Gasteiger partial charge in [0.05, 0.1) is 26.9 Å². The van der Waals surface area contributed by atoms with Gasteiger partial charge >= 0.3 is 0 Å². The summed E-state index contributed by atoms with van der Waals surface area (Å²) in [5.41, 5.74) is 11.4. The Kier molecular flexibility index (Phi) is 6.47. The minimum Gasteiger partial charge on any atom is -0.456 e. The highest BCUT2D eigenvalue weighted by Crippen LogP contribution is 2.44. The molecule has 256 valence electrons. The molecule has 8 aromatic carbocycles. The van der Waals surface area contributed by atoms with Crippen LogP contribution in [0.1, 0.15) is 0 Å². The van der Waals surface area contributed by atoms with E-state index in [1.54, 1.807) is 11.3 Å². The van der Waals surface area contributed by atoms with Crippen LogP contribution in [0.2, 0.25) is 0 Å². The van der Waals surface area contributed by atoms with Gasteiger partial charge in [-0.25, -0.2) is 9.97 Å². The van der Waals surface area contributed by atoms with E-state index in [0.29, 0.717) is 5.82 Å². The number of hydrogen-bond donors (Lipinski definition) is 0. The third kappa shape index (κ3) is 4.51. The van der Waals surface area contributed by atoms with E-state index < -0.39 is 0 Å². The first-order valence-corrected chi connectivity index (χ1v) is 19.3. The molecule has 5 heteroatoms. The standard InChI is InChI=1S/C50H29N3OS/c1-3-14-30(15-4-1)38-29-41-45(34-19-8-7-18-33(34)38)35-20-9-11-23-40(35)53(41)32-26-27-42-39(28-32)46-37(22-13-24-43(46)54-42)50-51-47(31-16-5-2-6-17-31)49-48(52-50)36-21-10-12-25-44(36)55-49/h1-29H. The summed E-state index contributed by atoms with van der Waals surface area (Å²) < 4.78 is 11.3. The zero-order chi connectivity index (χ0) is 36.0. The Morgan fingerprint density at radius 1 is 0.455 bits per heavy atom. The first kappa shape index (κ1) is 30.4. The summed E-state index contributed by atoms with van der Waals surface area (Å²) in [5, 5.41) is 8.14. The number of aromatic nitrogens is 3. The topological polar surface area (TPSA) is 43.9 Å². The summed E-state index contributed by atoms with van der Waals surface area (Å²) in [4.78, 5) is 10.7. The van der Waals surface area contributed by atoms with E-state index in [-0.39, 0.29) is 0 Å².